The van der Waals surface area contributed by atoms with Crippen LogP contribution >= 0.6 is 23.5 Å². The summed E-state index contributed by atoms with van der Waals surface area (Å²) < 4.78 is 36.6. The lowest BCUT2D eigenvalue weighted by Crippen LogP contribution is -2.11. The maximum Gasteiger partial charge on any atom is 0.339 e. The van der Waals surface area contributed by atoms with Gasteiger partial charge in [0, 0.05) is 11.5 Å². The summed E-state index contributed by atoms with van der Waals surface area (Å²) in [5.41, 5.74) is 3.46. The number of thioether (sulfide) groups is 2. The number of methoxy groups -OCH3 is 1. The minimum Gasteiger partial charge on any atom is -0.493 e. The summed E-state index contributed by atoms with van der Waals surface area (Å²) in [6, 6.07) is 10.8. The minimum absolute atomic E-state index is 0.200. The highest BCUT2D eigenvalue weighted by Crippen LogP contribution is 2.47. The summed E-state index contributed by atoms with van der Waals surface area (Å²) in [6.45, 7) is 0. The number of fused-ring (bicyclic) bond motifs is 1. The third-order valence-corrected chi connectivity index (χ3v) is 8.97. The Hall–Kier alpha value is -1.31. The topological polar surface area (TPSA) is 52.6 Å². The van der Waals surface area contributed by atoms with Gasteiger partial charge in [0.2, 0.25) is 0 Å². The molecule has 2 aliphatic rings. The van der Waals surface area contributed by atoms with Gasteiger partial charge in [-0.1, -0.05) is 12.1 Å². The van der Waals surface area contributed by atoms with E-state index in [2.05, 4.69) is 0 Å². The van der Waals surface area contributed by atoms with Crippen molar-refractivity contribution in [3.63, 3.8) is 0 Å². The van der Waals surface area contributed by atoms with E-state index in [-0.39, 0.29) is 10.6 Å². The van der Waals surface area contributed by atoms with E-state index in [1.54, 1.807) is 18.2 Å². The van der Waals surface area contributed by atoms with Crippen LogP contribution < -0.4 is 8.92 Å². The molecule has 0 saturated carbocycles. The Bertz CT molecular complexity index is 918. The molecule has 0 unspecified atom stereocenters. The Morgan fingerprint density at radius 1 is 0.962 bits per heavy atom. The van der Waals surface area contributed by atoms with Crippen molar-refractivity contribution in [1.29, 1.82) is 0 Å². The molecule has 138 valence electrons. The third kappa shape index (κ3) is 3.57. The first kappa shape index (κ1) is 18.1. The van der Waals surface area contributed by atoms with Crippen molar-refractivity contribution in [3.05, 3.63) is 53.1 Å². The normalized spacial score (nSPS) is 17.3. The van der Waals surface area contributed by atoms with Crippen molar-refractivity contribution in [2.75, 3.05) is 18.6 Å². The number of aryl methyl sites for hydroxylation is 2. The summed E-state index contributed by atoms with van der Waals surface area (Å²) in [5, 5.41) is 0. The molecule has 4 rings (SSSR count). The van der Waals surface area contributed by atoms with E-state index in [9.17, 15) is 8.42 Å². The van der Waals surface area contributed by atoms with Gasteiger partial charge in [-0.25, -0.2) is 0 Å². The number of benzene rings is 2. The van der Waals surface area contributed by atoms with Gasteiger partial charge < -0.3 is 8.92 Å². The molecule has 0 spiro atoms. The third-order valence-electron chi connectivity index (χ3n) is 4.64. The molecule has 0 N–H and O–H groups in total. The first-order chi connectivity index (χ1) is 12.6. The van der Waals surface area contributed by atoms with Gasteiger partial charge in [-0.15, -0.1) is 23.5 Å². The zero-order valence-electron chi connectivity index (χ0n) is 14.4. The van der Waals surface area contributed by atoms with E-state index in [0.717, 1.165) is 41.9 Å². The standard InChI is InChI=1S/C19H20O4S3/c1-22-18-12-15(19-24-9-10-25-19)6-8-17(18)23-26(20,21)16-7-5-13-3-2-4-14(13)11-16/h5-8,11-12,19H,2-4,9-10H2,1H3. The van der Waals surface area contributed by atoms with E-state index < -0.39 is 10.1 Å². The monoisotopic (exact) mass is 408 g/mol. The predicted octanol–water partition coefficient (Wildman–Crippen LogP) is 4.43. The molecule has 0 bridgehead atoms. The second-order valence-electron chi connectivity index (χ2n) is 6.31. The Labute approximate surface area is 162 Å². The number of hydrogen-bond donors (Lipinski definition) is 0. The molecule has 2 aromatic rings. The summed E-state index contributed by atoms with van der Waals surface area (Å²) >= 11 is 3.78. The van der Waals surface area contributed by atoms with Crippen LogP contribution in [-0.2, 0) is 23.0 Å². The van der Waals surface area contributed by atoms with Crippen molar-refractivity contribution >= 4 is 33.6 Å². The molecule has 0 aromatic heterocycles. The van der Waals surface area contributed by atoms with E-state index in [0.29, 0.717) is 10.3 Å². The number of ether oxygens (including phenoxy) is 1. The molecule has 0 amide bonds. The molecule has 1 heterocycles. The molecule has 0 radical (unpaired) electrons. The van der Waals surface area contributed by atoms with Crippen molar-refractivity contribution in [3.8, 4) is 11.5 Å². The highest BCUT2D eigenvalue weighted by Gasteiger charge is 2.24. The maximum absolute atomic E-state index is 12.7. The van der Waals surface area contributed by atoms with E-state index in [1.807, 2.05) is 41.7 Å². The second-order valence-corrected chi connectivity index (χ2v) is 10.6. The van der Waals surface area contributed by atoms with Crippen molar-refractivity contribution in [2.45, 2.75) is 28.7 Å². The van der Waals surface area contributed by atoms with Crippen LogP contribution in [0.15, 0.2) is 41.3 Å². The summed E-state index contributed by atoms with van der Waals surface area (Å²) in [7, 11) is -2.36. The van der Waals surface area contributed by atoms with Crippen LogP contribution in [-0.4, -0.2) is 27.0 Å². The van der Waals surface area contributed by atoms with E-state index >= 15 is 0 Å². The van der Waals surface area contributed by atoms with Gasteiger partial charge in [-0.3, -0.25) is 0 Å². The first-order valence-corrected chi connectivity index (χ1v) is 12.0. The van der Waals surface area contributed by atoms with Gasteiger partial charge in [0.15, 0.2) is 11.5 Å². The molecule has 1 aliphatic heterocycles. The average Bonchev–Trinajstić information content (AvgIpc) is 3.32. The van der Waals surface area contributed by atoms with Gasteiger partial charge in [0.05, 0.1) is 11.7 Å². The van der Waals surface area contributed by atoms with Crippen LogP contribution in [0.4, 0.5) is 0 Å². The van der Waals surface area contributed by atoms with Crippen LogP contribution in [0.2, 0.25) is 0 Å². The molecule has 0 atom stereocenters. The van der Waals surface area contributed by atoms with Crippen LogP contribution in [0.5, 0.6) is 11.5 Å². The molecular weight excluding hydrogens is 388 g/mol. The lowest BCUT2D eigenvalue weighted by atomic mass is 10.1. The number of hydrogen-bond acceptors (Lipinski definition) is 6. The summed E-state index contributed by atoms with van der Waals surface area (Å²) in [6.07, 6.45) is 3.02. The lowest BCUT2D eigenvalue weighted by Gasteiger charge is -2.14. The Kier molecular flexibility index (Phi) is 5.12. The van der Waals surface area contributed by atoms with Gasteiger partial charge in [0.25, 0.3) is 0 Å². The van der Waals surface area contributed by atoms with Crippen molar-refractivity contribution in [1.82, 2.24) is 0 Å². The summed E-state index contributed by atoms with van der Waals surface area (Å²) in [4.78, 5) is 0.200. The highest BCUT2D eigenvalue weighted by atomic mass is 32.2. The Morgan fingerprint density at radius 3 is 2.50 bits per heavy atom. The molecule has 4 nitrogen and oxygen atoms in total. The molecule has 1 saturated heterocycles. The molecule has 26 heavy (non-hydrogen) atoms. The van der Waals surface area contributed by atoms with Crippen LogP contribution in [0, 0.1) is 0 Å². The predicted molar refractivity (Wildman–Crippen MR) is 107 cm³/mol. The lowest BCUT2D eigenvalue weighted by molar-refractivity contribution is 0.390. The van der Waals surface area contributed by atoms with Crippen molar-refractivity contribution in [2.24, 2.45) is 0 Å². The van der Waals surface area contributed by atoms with Crippen LogP contribution in [0.1, 0.15) is 27.7 Å². The quantitative estimate of drug-likeness (QED) is 0.682. The van der Waals surface area contributed by atoms with Gasteiger partial charge in [-0.2, -0.15) is 8.42 Å². The smallest absolute Gasteiger partial charge is 0.339 e. The van der Waals surface area contributed by atoms with Gasteiger partial charge in [0.1, 0.15) is 4.90 Å². The Balaban J connectivity index is 1.61. The van der Waals surface area contributed by atoms with E-state index in [1.165, 1.54) is 12.7 Å². The molecule has 2 aromatic carbocycles. The zero-order valence-corrected chi connectivity index (χ0v) is 16.9. The number of rotatable bonds is 5. The summed E-state index contributed by atoms with van der Waals surface area (Å²) in [5.74, 6) is 2.93. The maximum atomic E-state index is 12.7. The fourth-order valence-corrected chi connectivity index (χ4v) is 7.15. The molecule has 7 heteroatoms. The second kappa shape index (κ2) is 7.37. The van der Waals surface area contributed by atoms with Gasteiger partial charge >= 0.3 is 10.1 Å². The van der Waals surface area contributed by atoms with Crippen molar-refractivity contribution < 1.29 is 17.3 Å². The fraction of sp³-hybridized carbons (Fsp3) is 0.368. The largest absolute Gasteiger partial charge is 0.493 e. The average molecular weight is 409 g/mol. The Morgan fingerprint density at radius 2 is 1.73 bits per heavy atom. The first-order valence-electron chi connectivity index (χ1n) is 8.54. The highest BCUT2D eigenvalue weighted by molar-refractivity contribution is 8.19. The van der Waals surface area contributed by atoms with Crippen LogP contribution in [0.3, 0.4) is 0 Å². The SMILES string of the molecule is COc1cc(C2SCCS2)ccc1OS(=O)(=O)c1ccc2c(c1)CCC2. The zero-order chi connectivity index (χ0) is 18.1. The molecular formula is C19H20O4S3. The van der Waals surface area contributed by atoms with Gasteiger partial charge in [-0.05, 0) is 60.2 Å². The molecule has 1 fully saturated rings. The molecule has 1 aliphatic carbocycles. The van der Waals surface area contributed by atoms with E-state index in [4.69, 9.17) is 8.92 Å². The van der Waals surface area contributed by atoms with Crippen LogP contribution in [0.25, 0.3) is 0 Å². The minimum atomic E-state index is -3.89. The fourth-order valence-electron chi connectivity index (χ4n) is 3.32.